The van der Waals surface area contributed by atoms with Gasteiger partial charge in [-0.3, -0.25) is 0 Å². The van der Waals surface area contributed by atoms with Gasteiger partial charge in [0.05, 0.1) is 0 Å². The Morgan fingerprint density at radius 3 is 1.33 bits per heavy atom. The fourth-order valence-corrected chi connectivity index (χ4v) is 13.5. The van der Waals surface area contributed by atoms with Crippen molar-refractivity contribution in [2.75, 3.05) is 0 Å². The lowest BCUT2D eigenvalue weighted by atomic mass is 9.49. The minimum absolute atomic E-state index is 0.0986. The third kappa shape index (κ3) is 5.54. The molecule has 0 N–H and O–H groups in total. The van der Waals surface area contributed by atoms with Crippen molar-refractivity contribution < 1.29 is 0 Å². The Balaban J connectivity index is 1.02. The summed E-state index contributed by atoms with van der Waals surface area (Å²) < 4.78 is 0. The molecule has 0 nitrogen and oxygen atoms in total. The zero-order chi connectivity index (χ0) is 45.4. The summed E-state index contributed by atoms with van der Waals surface area (Å²) in [5.74, 6) is 0. The van der Waals surface area contributed by atoms with Crippen molar-refractivity contribution in [2.45, 2.75) is 47.0 Å². The molecule has 320 valence electrons. The lowest BCUT2D eigenvalue weighted by Crippen LogP contribution is -2.50. The molecule has 13 rings (SSSR count). The fraction of sp³-hybridized carbons (Fsp3) is 0.134. The Morgan fingerprint density at radius 1 is 0.269 bits per heavy atom. The normalized spacial score (nSPS) is 13.6. The molecule has 0 saturated heterocycles. The molecule has 67 heavy (non-hydrogen) atoms. The number of fused-ring (bicyclic) bond motifs is 14. The van der Waals surface area contributed by atoms with Crippen LogP contribution >= 0.6 is 0 Å². The highest BCUT2D eigenvalue weighted by atomic mass is 14.6. The van der Waals surface area contributed by atoms with Crippen LogP contribution in [0.5, 0.6) is 0 Å². The molecule has 0 saturated carbocycles. The van der Waals surface area contributed by atoms with Gasteiger partial charge in [-0.05, 0) is 172 Å². The Morgan fingerprint density at radius 2 is 0.716 bits per heavy atom. The van der Waals surface area contributed by atoms with Crippen molar-refractivity contribution in [3.05, 3.63) is 217 Å². The van der Waals surface area contributed by atoms with Crippen LogP contribution in [0.15, 0.2) is 206 Å². The first-order chi connectivity index (χ1) is 32.5. The summed E-state index contributed by atoms with van der Waals surface area (Å²) >= 11 is 0. The quantitative estimate of drug-likeness (QED) is 0.123. The second-order valence-electron chi connectivity index (χ2n) is 21.2. The van der Waals surface area contributed by atoms with Gasteiger partial charge >= 0.3 is 0 Å². The molecular formula is C67H52. The SMILES string of the molecule is CC(C)(C)C1(C(C)(C)C)c2cc3cc(-c4cccc(-c5c6ccccc6c(-c6cc7ccccc7c7ccccc67)c6ccccc56)c4)ccc3cc2-c2c1c1ccccc1c1ccccc21. The molecule has 1 aliphatic carbocycles. The van der Waals surface area contributed by atoms with E-state index >= 15 is 0 Å². The van der Waals surface area contributed by atoms with Gasteiger partial charge in [-0.1, -0.05) is 217 Å². The van der Waals surface area contributed by atoms with Gasteiger partial charge in [0, 0.05) is 5.41 Å². The molecule has 0 heteroatoms. The van der Waals surface area contributed by atoms with Crippen molar-refractivity contribution in [1.82, 2.24) is 0 Å². The molecule has 0 unspecified atom stereocenters. The molecular weight excluding hydrogens is 805 g/mol. The van der Waals surface area contributed by atoms with Gasteiger partial charge in [-0.25, -0.2) is 0 Å². The highest BCUT2D eigenvalue weighted by molar-refractivity contribution is 6.26. The monoisotopic (exact) mass is 856 g/mol. The maximum Gasteiger partial charge on any atom is 0.0318 e. The van der Waals surface area contributed by atoms with E-state index in [2.05, 4.69) is 248 Å². The van der Waals surface area contributed by atoms with Crippen molar-refractivity contribution in [2.24, 2.45) is 10.8 Å². The summed E-state index contributed by atoms with van der Waals surface area (Å²) in [4.78, 5) is 0. The Labute approximate surface area is 393 Å². The predicted molar refractivity (Wildman–Crippen MR) is 290 cm³/mol. The first-order valence-corrected chi connectivity index (χ1v) is 24.0. The Bertz CT molecular complexity index is 3980. The maximum atomic E-state index is 2.58. The van der Waals surface area contributed by atoms with E-state index in [0.29, 0.717) is 0 Å². The average Bonchev–Trinajstić information content (AvgIpc) is 3.67. The molecule has 12 aromatic carbocycles. The Kier molecular flexibility index (Phi) is 8.45. The second-order valence-corrected chi connectivity index (χ2v) is 21.2. The van der Waals surface area contributed by atoms with Crippen LogP contribution in [-0.2, 0) is 5.41 Å². The zero-order valence-corrected chi connectivity index (χ0v) is 39.1. The van der Waals surface area contributed by atoms with Gasteiger partial charge in [0.2, 0.25) is 0 Å². The fourth-order valence-electron chi connectivity index (χ4n) is 13.5. The van der Waals surface area contributed by atoms with Crippen molar-refractivity contribution in [1.29, 1.82) is 0 Å². The minimum atomic E-state index is -0.272. The van der Waals surface area contributed by atoms with Crippen molar-refractivity contribution >= 4 is 75.4 Å². The molecule has 0 atom stereocenters. The first-order valence-electron chi connectivity index (χ1n) is 24.0. The van der Waals surface area contributed by atoms with Gasteiger partial charge in [0.25, 0.3) is 0 Å². The molecule has 0 heterocycles. The van der Waals surface area contributed by atoms with Crippen LogP contribution in [0.4, 0.5) is 0 Å². The van der Waals surface area contributed by atoms with Crippen LogP contribution in [0.25, 0.3) is 120 Å². The lowest BCUT2D eigenvalue weighted by molar-refractivity contribution is 0.0965. The van der Waals surface area contributed by atoms with E-state index in [0.717, 1.165) is 0 Å². The topological polar surface area (TPSA) is 0 Å². The second kappa shape index (κ2) is 14.2. The highest BCUT2D eigenvalue weighted by Gasteiger charge is 2.58. The minimum Gasteiger partial charge on any atom is -0.0616 e. The summed E-state index contributed by atoms with van der Waals surface area (Å²) in [6.45, 7) is 14.8. The van der Waals surface area contributed by atoms with Crippen LogP contribution in [0.2, 0.25) is 0 Å². The van der Waals surface area contributed by atoms with Gasteiger partial charge in [-0.2, -0.15) is 0 Å². The molecule has 0 bridgehead atoms. The van der Waals surface area contributed by atoms with Crippen molar-refractivity contribution in [3.63, 3.8) is 0 Å². The summed E-state index contributed by atoms with van der Waals surface area (Å²) in [5, 5.41) is 18.1. The largest absolute Gasteiger partial charge is 0.0616 e. The number of hydrogen-bond donors (Lipinski definition) is 0. The molecule has 0 aromatic heterocycles. The van der Waals surface area contributed by atoms with E-state index in [1.807, 2.05) is 0 Å². The van der Waals surface area contributed by atoms with Crippen LogP contribution in [0.1, 0.15) is 52.7 Å². The number of benzene rings is 12. The van der Waals surface area contributed by atoms with Crippen LogP contribution in [-0.4, -0.2) is 0 Å². The van der Waals surface area contributed by atoms with E-state index in [4.69, 9.17) is 0 Å². The summed E-state index contributed by atoms with van der Waals surface area (Å²) in [7, 11) is 0. The van der Waals surface area contributed by atoms with E-state index in [1.54, 1.807) is 0 Å². The van der Waals surface area contributed by atoms with Gasteiger partial charge in [-0.15, -0.1) is 0 Å². The average molecular weight is 857 g/mol. The molecule has 0 amide bonds. The van der Waals surface area contributed by atoms with Gasteiger partial charge in [0.15, 0.2) is 0 Å². The zero-order valence-electron chi connectivity index (χ0n) is 39.1. The number of rotatable bonds is 3. The van der Waals surface area contributed by atoms with E-state index in [9.17, 15) is 0 Å². The van der Waals surface area contributed by atoms with Crippen molar-refractivity contribution in [3.8, 4) is 44.5 Å². The molecule has 0 fully saturated rings. The third-order valence-electron chi connectivity index (χ3n) is 15.7. The van der Waals surface area contributed by atoms with Gasteiger partial charge < -0.3 is 0 Å². The molecule has 1 aliphatic rings. The summed E-state index contributed by atoms with van der Waals surface area (Å²) in [6, 6.07) is 78.1. The van der Waals surface area contributed by atoms with Crippen LogP contribution in [0.3, 0.4) is 0 Å². The van der Waals surface area contributed by atoms with E-state index in [-0.39, 0.29) is 16.2 Å². The summed E-state index contributed by atoms with van der Waals surface area (Å²) in [6.07, 6.45) is 0. The third-order valence-corrected chi connectivity index (χ3v) is 15.7. The number of hydrogen-bond acceptors (Lipinski definition) is 0. The molecule has 0 spiro atoms. The van der Waals surface area contributed by atoms with Crippen LogP contribution < -0.4 is 0 Å². The van der Waals surface area contributed by atoms with Gasteiger partial charge in [0.1, 0.15) is 0 Å². The lowest BCUT2D eigenvalue weighted by Gasteiger charge is -2.53. The summed E-state index contributed by atoms with van der Waals surface area (Å²) in [5.41, 5.74) is 12.8. The molecule has 0 aliphatic heterocycles. The van der Waals surface area contributed by atoms with Crippen LogP contribution in [0, 0.1) is 10.8 Å². The Hall–Kier alpha value is -7.54. The smallest absolute Gasteiger partial charge is 0.0318 e. The molecule has 0 radical (unpaired) electrons. The first kappa shape index (κ1) is 39.8. The molecule has 12 aromatic rings. The van der Waals surface area contributed by atoms with E-state index < -0.39 is 0 Å². The standard InChI is InChI=1S/C67H52/c1-65(2,3)67(66(4,5)6)60-40-46-37-42(34-35-43(46)38-59(60)63-52-28-13-11-25-49(52)50-26-12-18-33-57(50)64(63)67)41-21-19-22-45(36-41)61-53-29-14-16-31-55(53)62(56-32-17-15-30-54(56)61)58-39-44-20-7-8-23-47(44)48-24-9-10-27-51(48)58/h7-40H,1-6H3. The highest BCUT2D eigenvalue weighted by Crippen LogP contribution is 2.67. The predicted octanol–water partition coefficient (Wildman–Crippen LogP) is 19.1. The maximum absolute atomic E-state index is 2.58. The van der Waals surface area contributed by atoms with E-state index in [1.165, 1.54) is 131 Å².